The van der Waals surface area contributed by atoms with Crippen molar-refractivity contribution in [1.82, 2.24) is 10.3 Å². The Morgan fingerprint density at radius 2 is 2.05 bits per heavy atom. The van der Waals surface area contributed by atoms with Gasteiger partial charge in [-0.2, -0.15) is 0 Å². The van der Waals surface area contributed by atoms with Crippen molar-refractivity contribution in [2.24, 2.45) is 5.41 Å². The van der Waals surface area contributed by atoms with Crippen molar-refractivity contribution in [2.75, 3.05) is 13.2 Å². The number of hydrogen-bond acceptors (Lipinski definition) is 2. The summed E-state index contributed by atoms with van der Waals surface area (Å²) in [5.74, 6) is -0.0354. The van der Waals surface area contributed by atoms with E-state index in [2.05, 4.69) is 10.3 Å². The largest absolute Gasteiger partial charge is 0.396 e. The summed E-state index contributed by atoms with van der Waals surface area (Å²) in [5, 5.41) is 13.2. The third-order valence-electron chi connectivity index (χ3n) is 3.86. The number of aryl methyl sites for hydroxylation is 1. The normalized spacial score (nSPS) is 11.8. The van der Waals surface area contributed by atoms with Crippen LogP contribution in [0, 0.1) is 12.3 Å². The SMILES string of the molecule is Cc1[nH]c2ccccc2c1C(=O)NCCCC(C)(C)CO. The molecular formula is C17H24N2O2. The van der Waals surface area contributed by atoms with E-state index in [9.17, 15) is 9.90 Å². The van der Waals surface area contributed by atoms with Gasteiger partial charge in [0, 0.05) is 29.7 Å². The van der Waals surface area contributed by atoms with Crippen molar-refractivity contribution in [1.29, 1.82) is 0 Å². The zero-order chi connectivity index (χ0) is 15.5. The number of carbonyl (C=O) groups is 1. The molecule has 4 heteroatoms. The van der Waals surface area contributed by atoms with E-state index in [4.69, 9.17) is 0 Å². The van der Waals surface area contributed by atoms with E-state index in [0.29, 0.717) is 6.54 Å². The summed E-state index contributed by atoms with van der Waals surface area (Å²) < 4.78 is 0. The molecule has 1 heterocycles. The maximum atomic E-state index is 12.4. The molecule has 4 nitrogen and oxygen atoms in total. The number of aliphatic hydroxyl groups is 1. The molecule has 0 saturated heterocycles. The molecule has 0 atom stereocenters. The number of aliphatic hydroxyl groups excluding tert-OH is 1. The lowest BCUT2D eigenvalue weighted by molar-refractivity contribution is 0.0949. The third-order valence-corrected chi connectivity index (χ3v) is 3.86. The second-order valence-corrected chi connectivity index (χ2v) is 6.35. The van der Waals surface area contributed by atoms with Gasteiger partial charge < -0.3 is 15.4 Å². The Bertz CT molecular complexity index is 629. The molecule has 1 aromatic heterocycles. The van der Waals surface area contributed by atoms with E-state index < -0.39 is 0 Å². The number of rotatable bonds is 6. The van der Waals surface area contributed by atoms with Gasteiger partial charge in [0.15, 0.2) is 0 Å². The zero-order valence-electron chi connectivity index (χ0n) is 13.0. The molecule has 0 fully saturated rings. The van der Waals surface area contributed by atoms with E-state index in [1.54, 1.807) is 0 Å². The highest BCUT2D eigenvalue weighted by atomic mass is 16.3. The molecule has 0 aliphatic rings. The molecule has 1 aromatic carbocycles. The highest BCUT2D eigenvalue weighted by Crippen LogP contribution is 2.22. The number of para-hydroxylation sites is 1. The summed E-state index contributed by atoms with van der Waals surface area (Å²) in [6.45, 7) is 6.77. The van der Waals surface area contributed by atoms with E-state index in [1.807, 2.05) is 45.0 Å². The molecule has 21 heavy (non-hydrogen) atoms. The lowest BCUT2D eigenvalue weighted by Gasteiger charge is -2.21. The second-order valence-electron chi connectivity index (χ2n) is 6.35. The molecule has 1 amide bonds. The van der Waals surface area contributed by atoms with Gasteiger partial charge in [-0.1, -0.05) is 32.0 Å². The van der Waals surface area contributed by atoms with Crippen molar-refractivity contribution < 1.29 is 9.90 Å². The zero-order valence-corrected chi connectivity index (χ0v) is 13.0. The summed E-state index contributed by atoms with van der Waals surface area (Å²) in [6.07, 6.45) is 1.75. The third kappa shape index (κ3) is 3.64. The maximum absolute atomic E-state index is 12.4. The van der Waals surface area contributed by atoms with Crippen LogP contribution >= 0.6 is 0 Å². The molecule has 0 unspecified atom stereocenters. The van der Waals surface area contributed by atoms with Crippen LogP contribution in [0.3, 0.4) is 0 Å². The van der Waals surface area contributed by atoms with Crippen molar-refractivity contribution in [3.05, 3.63) is 35.5 Å². The van der Waals surface area contributed by atoms with Crippen molar-refractivity contribution in [2.45, 2.75) is 33.6 Å². The fraction of sp³-hybridized carbons (Fsp3) is 0.471. The Labute approximate surface area is 125 Å². The molecule has 3 N–H and O–H groups in total. The Balaban J connectivity index is 1.98. The molecule has 0 spiro atoms. The van der Waals surface area contributed by atoms with Crippen LogP contribution < -0.4 is 5.32 Å². The fourth-order valence-electron chi connectivity index (χ4n) is 2.51. The predicted molar refractivity (Wildman–Crippen MR) is 85.5 cm³/mol. The molecule has 2 aromatic rings. The average Bonchev–Trinajstić information content (AvgIpc) is 2.79. The Kier molecular flexibility index (Phi) is 4.68. The van der Waals surface area contributed by atoms with Crippen LogP contribution in [0.25, 0.3) is 10.9 Å². The summed E-state index contributed by atoms with van der Waals surface area (Å²) in [6, 6.07) is 7.83. The van der Waals surface area contributed by atoms with Gasteiger partial charge >= 0.3 is 0 Å². The highest BCUT2D eigenvalue weighted by molar-refractivity contribution is 6.08. The van der Waals surface area contributed by atoms with Crippen molar-refractivity contribution in [3.63, 3.8) is 0 Å². The molecule has 0 aliphatic carbocycles. The topological polar surface area (TPSA) is 65.1 Å². The number of benzene rings is 1. The Morgan fingerprint density at radius 1 is 1.33 bits per heavy atom. The van der Waals surface area contributed by atoms with Gasteiger partial charge in [0.1, 0.15) is 0 Å². The number of aromatic amines is 1. The van der Waals surface area contributed by atoms with Gasteiger partial charge in [0.25, 0.3) is 5.91 Å². The summed E-state index contributed by atoms with van der Waals surface area (Å²) in [7, 11) is 0. The molecule has 0 bridgehead atoms. The first kappa shape index (κ1) is 15.6. The number of hydrogen-bond donors (Lipinski definition) is 3. The first-order valence-corrected chi connectivity index (χ1v) is 7.41. The van der Waals surface area contributed by atoms with Crippen LogP contribution in [0.1, 0.15) is 42.7 Å². The van der Waals surface area contributed by atoms with Crippen LogP contribution in [-0.2, 0) is 0 Å². The number of carbonyl (C=O) groups excluding carboxylic acids is 1. The van der Waals surface area contributed by atoms with Gasteiger partial charge in [-0.3, -0.25) is 4.79 Å². The molecule has 0 aliphatic heterocycles. The van der Waals surface area contributed by atoms with Gasteiger partial charge in [0.05, 0.1) is 5.56 Å². The highest BCUT2D eigenvalue weighted by Gasteiger charge is 2.17. The van der Waals surface area contributed by atoms with Crippen LogP contribution in [0.15, 0.2) is 24.3 Å². The van der Waals surface area contributed by atoms with Crippen LogP contribution in [0.5, 0.6) is 0 Å². The molecule has 2 rings (SSSR count). The molecule has 0 radical (unpaired) electrons. The van der Waals surface area contributed by atoms with Gasteiger partial charge in [-0.25, -0.2) is 0 Å². The fourth-order valence-corrected chi connectivity index (χ4v) is 2.51. The second kappa shape index (κ2) is 6.31. The molecule has 0 saturated carbocycles. The number of aromatic nitrogens is 1. The maximum Gasteiger partial charge on any atom is 0.253 e. The van der Waals surface area contributed by atoms with E-state index >= 15 is 0 Å². The lowest BCUT2D eigenvalue weighted by atomic mass is 9.89. The number of amides is 1. The Morgan fingerprint density at radius 3 is 2.76 bits per heavy atom. The average molecular weight is 288 g/mol. The quantitative estimate of drug-likeness (QED) is 0.715. The van der Waals surface area contributed by atoms with Gasteiger partial charge in [0.2, 0.25) is 0 Å². The molecular weight excluding hydrogens is 264 g/mol. The molecule has 114 valence electrons. The first-order chi connectivity index (χ1) is 9.94. The minimum atomic E-state index is -0.0819. The lowest BCUT2D eigenvalue weighted by Crippen LogP contribution is -2.26. The van der Waals surface area contributed by atoms with Crippen LogP contribution in [-0.4, -0.2) is 29.1 Å². The van der Waals surface area contributed by atoms with Gasteiger partial charge in [-0.15, -0.1) is 0 Å². The standard InChI is InChI=1S/C17H24N2O2/c1-12-15(13-7-4-5-8-14(13)19-12)16(21)18-10-6-9-17(2,3)11-20/h4-5,7-8,19-20H,6,9-11H2,1-3H3,(H,18,21). The van der Waals surface area contributed by atoms with E-state index in [1.165, 1.54) is 0 Å². The predicted octanol–water partition coefficient (Wildman–Crippen LogP) is 3.00. The van der Waals surface area contributed by atoms with E-state index in [-0.39, 0.29) is 17.9 Å². The van der Waals surface area contributed by atoms with Crippen molar-refractivity contribution >= 4 is 16.8 Å². The van der Waals surface area contributed by atoms with Crippen molar-refractivity contribution in [3.8, 4) is 0 Å². The number of fused-ring (bicyclic) bond motifs is 1. The minimum absolute atomic E-state index is 0.0354. The first-order valence-electron chi connectivity index (χ1n) is 7.41. The smallest absolute Gasteiger partial charge is 0.253 e. The van der Waals surface area contributed by atoms with Crippen LogP contribution in [0.4, 0.5) is 0 Å². The summed E-state index contributed by atoms with van der Waals surface area (Å²) in [4.78, 5) is 15.6. The van der Waals surface area contributed by atoms with Crippen LogP contribution in [0.2, 0.25) is 0 Å². The number of nitrogens with one attached hydrogen (secondary N) is 2. The minimum Gasteiger partial charge on any atom is -0.396 e. The number of H-pyrrole nitrogens is 1. The summed E-state index contributed by atoms with van der Waals surface area (Å²) in [5.41, 5.74) is 2.53. The van der Waals surface area contributed by atoms with E-state index in [0.717, 1.165) is 35.0 Å². The Hall–Kier alpha value is -1.81. The van der Waals surface area contributed by atoms with Gasteiger partial charge in [-0.05, 0) is 31.2 Å². The summed E-state index contributed by atoms with van der Waals surface area (Å²) >= 11 is 0. The monoisotopic (exact) mass is 288 g/mol.